The van der Waals surface area contributed by atoms with Crippen LogP contribution in [0.2, 0.25) is 0 Å². The maximum Gasteiger partial charge on any atom is 0.349 e. The summed E-state index contributed by atoms with van der Waals surface area (Å²) in [6.07, 6.45) is 0.644. The Morgan fingerprint density at radius 2 is 1.71 bits per heavy atom. The van der Waals surface area contributed by atoms with E-state index in [1.807, 2.05) is 36.4 Å². The molecule has 8 heteroatoms. The van der Waals surface area contributed by atoms with E-state index in [-0.39, 0.29) is 23.5 Å². The summed E-state index contributed by atoms with van der Waals surface area (Å²) in [5.74, 6) is -0.423. The van der Waals surface area contributed by atoms with Gasteiger partial charge in [0.15, 0.2) is 6.61 Å². The first-order chi connectivity index (χ1) is 16.5. The van der Waals surface area contributed by atoms with Crippen molar-refractivity contribution in [3.05, 3.63) is 105 Å². The predicted molar refractivity (Wildman–Crippen MR) is 130 cm³/mol. The van der Waals surface area contributed by atoms with E-state index < -0.39 is 17.5 Å². The summed E-state index contributed by atoms with van der Waals surface area (Å²) in [6.45, 7) is 0.0868. The van der Waals surface area contributed by atoms with E-state index in [0.717, 1.165) is 10.0 Å². The maximum atomic E-state index is 12.5. The summed E-state index contributed by atoms with van der Waals surface area (Å²) >= 11 is 3.34. The molecule has 1 amide bonds. The minimum absolute atomic E-state index is 0.0906. The van der Waals surface area contributed by atoms with Crippen molar-refractivity contribution in [1.82, 2.24) is 5.32 Å². The molecule has 172 valence electrons. The van der Waals surface area contributed by atoms with Crippen LogP contribution < -0.4 is 20.4 Å². The second kappa shape index (κ2) is 10.8. The number of benzene rings is 3. The highest BCUT2D eigenvalue weighted by Gasteiger charge is 2.15. The number of carbonyl (C=O) groups is 2. The molecule has 4 rings (SSSR count). The Labute approximate surface area is 203 Å². The fourth-order valence-electron chi connectivity index (χ4n) is 3.23. The molecule has 3 aromatic carbocycles. The molecule has 0 bridgehead atoms. The SMILES string of the molecule is O=C(COc1ccccc1Br)Oc1ccc2cc(C(=O)NCCc3ccccc3)c(=O)oc2c1. The molecule has 7 nitrogen and oxygen atoms in total. The van der Waals surface area contributed by atoms with Gasteiger partial charge in [-0.1, -0.05) is 42.5 Å². The van der Waals surface area contributed by atoms with Crippen LogP contribution in [-0.4, -0.2) is 25.0 Å². The van der Waals surface area contributed by atoms with Gasteiger partial charge in [-0.15, -0.1) is 0 Å². The summed E-state index contributed by atoms with van der Waals surface area (Å²) in [5, 5.41) is 3.26. The van der Waals surface area contributed by atoms with Gasteiger partial charge in [-0.25, -0.2) is 9.59 Å². The van der Waals surface area contributed by atoms with E-state index in [0.29, 0.717) is 24.1 Å². The smallest absolute Gasteiger partial charge is 0.349 e. The summed E-state index contributed by atoms with van der Waals surface area (Å²) in [4.78, 5) is 37.0. The number of rotatable bonds is 8. The van der Waals surface area contributed by atoms with Crippen LogP contribution in [0.25, 0.3) is 11.0 Å². The molecule has 4 aromatic rings. The van der Waals surface area contributed by atoms with Crippen LogP contribution >= 0.6 is 15.9 Å². The minimum atomic E-state index is -0.773. The van der Waals surface area contributed by atoms with Gasteiger partial charge in [-0.05, 0) is 58.2 Å². The van der Waals surface area contributed by atoms with Crippen molar-refractivity contribution < 1.29 is 23.5 Å². The Morgan fingerprint density at radius 1 is 0.941 bits per heavy atom. The summed E-state index contributed by atoms with van der Waals surface area (Å²) in [7, 11) is 0. The highest BCUT2D eigenvalue weighted by atomic mass is 79.9. The standard InChI is InChI=1S/C26H20BrNO6/c27-21-8-4-5-9-22(21)32-16-24(29)33-19-11-10-18-14-20(26(31)34-23(18)15-19)25(30)28-13-12-17-6-2-1-3-7-17/h1-11,14-15H,12-13,16H2,(H,28,30). The Morgan fingerprint density at radius 3 is 2.50 bits per heavy atom. The molecule has 0 fully saturated rings. The third-order valence-corrected chi connectivity index (χ3v) is 5.56. The molecule has 0 unspecified atom stereocenters. The number of hydrogen-bond donors (Lipinski definition) is 1. The van der Waals surface area contributed by atoms with Crippen LogP contribution in [0.5, 0.6) is 11.5 Å². The lowest BCUT2D eigenvalue weighted by Crippen LogP contribution is -2.29. The number of amides is 1. The highest BCUT2D eigenvalue weighted by molar-refractivity contribution is 9.10. The van der Waals surface area contributed by atoms with E-state index in [1.165, 1.54) is 12.1 Å². The zero-order chi connectivity index (χ0) is 23.9. The first-order valence-corrected chi connectivity index (χ1v) is 11.3. The van der Waals surface area contributed by atoms with Gasteiger partial charge < -0.3 is 19.2 Å². The highest BCUT2D eigenvalue weighted by Crippen LogP contribution is 2.24. The first kappa shape index (κ1) is 23.3. The van der Waals surface area contributed by atoms with Crippen molar-refractivity contribution in [1.29, 1.82) is 0 Å². The topological polar surface area (TPSA) is 94.8 Å². The third kappa shape index (κ3) is 5.90. The molecule has 0 aliphatic heterocycles. The van der Waals surface area contributed by atoms with E-state index in [4.69, 9.17) is 13.9 Å². The average Bonchev–Trinajstić information content (AvgIpc) is 2.83. The van der Waals surface area contributed by atoms with Crippen LogP contribution in [0.1, 0.15) is 15.9 Å². The van der Waals surface area contributed by atoms with Gasteiger partial charge in [0.2, 0.25) is 0 Å². The zero-order valence-corrected chi connectivity index (χ0v) is 19.5. The molecule has 0 radical (unpaired) electrons. The molecule has 0 aliphatic rings. The molecule has 0 saturated carbocycles. The van der Waals surface area contributed by atoms with E-state index in [9.17, 15) is 14.4 Å². The Balaban J connectivity index is 1.38. The molecule has 1 aromatic heterocycles. The van der Waals surface area contributed by atoms with E-state index in [1.54, 1.807) is 30.3 Å². The van der Waals surface area contributed by atoms with Gasteiger partial charge in [0.25, 0.3) is 5.91 Å². The van der Waals surface area contributed by atoms with Gasteiger partial charge in [0.05, 0.1) is 4.47 Å². The quantitative estimate of drug-likeness (QED) is 0.208. The number of para-hydroxylation sites is 1. The summed E-state index contributed by atoms with van der Waals surface area (Å²) < 4.78 is 16.7. The van der Waals surface area contributed by atoms with Crippen molar-refractivity contribution in [3.63, 3.8) is 0 Å². The van der Waals surface area contributed by atoms with E-state index in [2.05, 4.69) is 21.2 Å². The molecule has 0 atom stereocenters. The van der Waals surface area contributed by atoms with Crippen molar-refractivity contribution >= 4 is 38.8 Å². The second-order valence-corrected chi connectivity index (χ2v) is 8.19. The lowest BCUT2D eigenvalue weighted by Gasteiger charge is -2.09. The zero-order valence-electron chi connectivity index (χ0n) is 18.0. The lowest BCUT2D eigenvalue weighted by atomic mass is 10.1. The van der Waals surface area contributed by atoms with Crippen LogP contribution in [-0.2, 0) is 11.2 Å². The monoisotopic (exact) mass is 521 g/mol. The Bertz CT molecular complexity index is 1380. The number of ether oxygens (including phenoxy) is 2. The van der Waals surface area contributed by atoms with Gasteiger partial charge in [0.1, 0.15) is 22.6 Å². The number of nitrogens with one attached hydrogen (secondary N) is 1. The molecule has 0 aliphatic carbocycles. The fourth-order valence-corrected chi connectivity index (χ4v) is 3.63. The van der Waals surface area contributed by atoms with Crippen LogP contribution in [0.15, 0.2) is 92.5 Å². The van der Waals surface area contributed by atoms with Crippen molar-refractivity contribution in [2.75, 3.05) is 13.2 Å². The predicted octanol–water partition coefficient (Wildman–Crippen LogP) is 4.51. The van der Waals surface area contributed by atoms with E-state index >= 15 is 0 Å². The van der Waals surface area contributed by atoms with Crippen LogP contribution in [0.4, 0.5) is 0 Å². The molecule has 0 spiro atoms. The number of halogens is 1. The van der Waals surface area contributed by atoms with Crippen molar-refractivity contribution in [3.8, 4) is 11.5 Å². The first-order valence-electron chi connectivity index (χ1n) is 10.5. The molecular weight excluding hydrogens is 502 g/mol. The summed E-state index contributed by atoms with van der Waals surface area (Å²) in [6, 6.07) is 22.9. The molecule has 1 heterocycles. The average molecular weight is 522 g/mol. The lowest BCUT2D eigenvalue weighted by molar-refractivity contribution is -0.136. The minimum Gasteiger partial charge on any atom is -0.481 e. The largest absolute Gasteiger partial charge is 0.481 e. The van der Waals surface area contributed by atoms with Crippen LogP contribution in [0.3, 0.4) is 0 Å². The molecule has 1 N–H and O–H groups in total. The number of hydrogen-bond acceptors (Lipinski definition) is 6. The molecular formula is C26H20BrNO6. The van der Waals surface area contributed by atoms with Gasteiger partial charge in [-0.2, -0.15) is 0 Å². The Kier molecular flexibility index (Phi) is 7.39. The van der Waals surface area contributed by atoms with Gasteiger partial charge in [0, 0.05) is 18.0 Å². The van der Waals surface area contributed by atoms with Gasteiger partial charge >= 0.3 is 11.6 Å². The normalized spacial score (nSPS) is 10.6. The third-order valence-electron chi connectivity index (χ3n) is 4.91. The van der Waals surface area contributed by atoms with Crippen molar-refractivity contribution in [2.24, 2.45) is 0 Å². The number of esters is 1. The van der Waals surface area contributed by atoms with Crippen molar-refractivity contribution in [2.45, 2.75) is 6.42 Å². The second-order valence-electron chi connectivity index (χ2n) is 7.33. The molecule has 34 heavy (non-hydrogen) atoms. The maximum absolute atomic E-state index is 12.5. The fraction of sp³-hybridized carbons (Fsp3) is 0.115. The Hall–Kier alpha value is -3.91. The van der Waals surface area contributed by atoms with Crippen LogP contribution in [0, 0.1) is 0 Å². The van der Waals surface area contributed by atoms with Gasteiger partial charge in [-0.3, -0.25) is 4.79 Å². The number of fused-ring (bicyclic) bond motifs is 1. The number of carbonyl (C=O) groups excluding carboxylic acids is 2. The summed E-state index contributed by atoms with van der Waals surface area (Å²) in [5.41, 5.74) is 0.415. The molecule has 0 saturated heterocycles.